The van der Waals surface area contributed by atoms with Gasteiger partial charge in [-0.05, 0) is 57.2 Å². The Morgan fingerprint density at radius 3 is 2.56 bits per heavy atom. The molecule has 0 aliphatic heterocycles. The molecule has 4 aromatic rings. The Morgan fingerprint density at radius 1 is 1.22 bits per heavy atom. The van der Waals surface area contributed by atoms with E-state index in [4.69, 9.17) is 4.98 Å². The minimum Gasteiger partial charge on any atom is -0.325 e. The first-order valence-corrected chi connectivity index (χ1v) is 13.0. The average Bonchev–Trinajstić information content (AvgIpc) is 3.40. The molecule has 0 bridgehead atoms. The molecular formula is C24H25N3O2S3. The molecule has 166 valence electrons. The van der Waals surface area contributed by atoms with E-state index in [0.29, 0.717) is 21.9 Å². The number of carbonyl (C=O) groups is 1. The number of rotatable bonds is 6. The fourth-order valence-corrected chi connectivity index (χ4v) is 6.58. The van der Waals surface area contributed by atoms with Gasteiger partial charge in [0.05, 0.1) is 10.6 Å². The highest BCUT2D eigenvalue weighted by Gasteiger charge is 2.22. The van der Waals surface area contributed by atoms with E-state index in [1.807, 2.05) is 57.5 Å². The number of thioether (sulfide) groups is 1. The number of amides is 1. The van der Waals surface area contributed by atoms with E-state index in [-0.39, 0.29) is 11.5 Å². The number of nitrogens with one attached hydrogen (secondary N) is 1. The van der Waals surface area contributed by atoms with Crippen molar-refractivity contribution in [3.05, 3.63) is 62.1 Å². The first-order valence-electron chi connectivity index (χ1n) is 10.4. The number of thiophene rings is 2. The summed E-state index contributed by atoms with van der Waals surface area (Å²) in [5.74, 6) is -0.104. The SMILES string of the molecule is CCn1c(SC(C)C(=O)Nc2c(C)cc(C)cc2C)nc2scc(-c3cccs3)c2c1=O. The third-order valence-corrected chi connectivity index (χ3v) is 8.20. The molecule has 0 saturated carbocycles. The van der Waals surface area contributed by atoms with Gasteiger partial charge in [0, 0.05) is 28.1 Å². The number of hydrogen-bond donors (Lipinski definition) is 1. The molecule has 1 aromatic carbocycles. The molecule has 5 nitrogen and oxygen atoms in total. The summed E-state index contributed by atoms with van der Waals surface area (Å²) in [5, 5.41) is 7.90. The summed E-state index contributed by atoms with van der Waals surface area (Å²) >= 11 is 4.41. The van der Waals surface area contributed by atoms with Crippen LogP contribution < -0.4 is 10.9 Å². The third kappa shape index (κ3) is 4.27. The molecule has 4 rings (SSSR count). The number of aromatic nitrogens is 2. The van der Waals surface area contributed by atoms with Crippen molar-refractivity contribution in [1.82, 2.24) is 9.55 Å². The number of hydrogen-bond acceptors (Lipinski definition) is 6. The summed E-state index contributed by atoms with van der Waals surface area (Å²) in [6.07, 6.45) is 0. The summed E-state index contributed by atoms with van der Waals surface area (Å²) in [6, 6.07) is 8.13. The van der Waals surface area contributed by atoms with Gasteiger partial charge in [0.25, 0.3) is 5.56 Å². The molecule has 0 aliphatic carbocycles. The van der Waals surface area contributed by atoms with Gasteiger partial charge in [-0.15, -0.1) is 22.7 Å². The summed E-state index contributed by atoms with van der Waals surface area (Å²) in [5.41, 5.74) is 4.98. The van der Waals surface area contributed by atoms with E-state index in [2.05, 4.69) is 17.4 Å². The van der Waals surface area contributed by atoms with Crippen LogP contribution >= 0.6 is 34.4 Å². The fourth-order valence-electron chi connectivity index (χ4n) is 3.80. The molecule has 1 N–H and O–H groups in total. The van der Waals surface area contributed by atoms with E-state index in [1.54, 1.807) is 15.9 Å². The lowest BCUT2D eigenvalue weighted by atomic mass is 10.1. The zero-order valence-corrected chi connectivity index (χ0v) is 21.1. The van der Waals surface area contributed by atoms with Gasteiger partial charge in [0.2, 0.25) is 5.91 Å². The van der Waals surface area contributed by atoms with Crippen LogP contribution in [0.4, 0.5) is 5.69 Å². The predicted octanol–water partition coefficient (Wildman–Crippen LogP) is 6.25. The van der Waals surface area contributed by atoms with Crippen molar-refractivity contribution >= 4 is 56.2 Å². The highest BCUT2D eigenvalue weighted by Crippen LogP contribution is 2.35. The highest BCUT2D eigenvalue weighted by atomic mass is 32.2. The second kappa shape index (κ2) is 9.21. The molecule has 32 heavy (non-hydrogen) atoms. The van der Waals surface area contributed by atoms with Crippen molar-refractivity contribution in [2.45, 2.75) is 51.6 Å². The van der Waals surface area contributed by atoms with E-state index >= 15 is 0 Å². The van der Waals surface area contributed by atoms with E-state index in [0.717, 1.165) is 27.3 Å². The smallest absolute Gasteiger partial charge is 0.263 e. The number of carbonyl (C=O) groups excluding carboxylic acids is 1. The molecule has 0 radical (unpaired) electrons. The van der Waals surface area contributed by atoms with Crippen LogP contribution in [0.5, 0.6) is 0 Å². The van der Waals surface area contributed by atoms with Crippen LogP contribution in [0, 0.1) is 20.8 Å². The lowest BCUT2D eigenvalue weighted by Gasteiger charge is -2.17. The largest absolute Gasteiger partial charge is 0.325 e. The van der Waals surface area contributed by atoms with E-state index in [1.165, 1.54) is 28.7 Å². The van der Waals surface area contributed by atoms with Crippen molar-refractivity contribution in [2.75, 3.05) is 5.32 Å². The van der Waals surface area contributed by atoms with Crippen LogP contribution in [-0.2, 0) is 11.3 Å². The minimum absolute atomic E-state index is 0.0533. The molecule has 1 atom stereocenters. The molecule has 0 spiro atoms. The maximum Gasteiger partial charge on any atom is 0.263 e. The van der Waals surface area contributed by atoms with Crippen LogP contribution in [0.25, 0.3) is 20.7 Å². The van der Waals surface area contributed by atoms with Crippen molar-refractivity contribution in [2.24, 2.45) is 0 Å². The zero-order chi connectivity index (χ0) is 23.0. The topological polar surface area (TPSA) is 64.0 Å². The summed E-state index contributed by atoms with van der Waals surface area (Å²) in [6.45, 7) is 10.3. The summed E-state index contributed by atoms with van der Waals surface area (Å²) in [7, 11) is 0. The normalized spacial score (nSPS) is 12.3. The number of anilines is 1. The van der Waals surface area contributed by atoms with Gasteiger partial charge < -0.3 is 5.32 Å². The Bertz CT molecular complexity index is 1330. The maximum absolute atomic E-state index is 13.3. The first kappa shape index (κ1) is 22.8. The van der Waals surface area contributed by atoms with Crippen LogP contribution in [0.2, 0.25) is 0 Å². The van der Waals surface area contributed by atoms with Gasteiger partial charge in [-0.3, -0.25) is 14.2 Å². The van der Waals surface area contributed by atoms with Gasteiger partial charge in [0.1, 0.15) is 4.83 Å². The number of nitrogens with zero attached hydrogens (tertiary/aromatic N) is 2. The van der Waals surface area contributed by atoms with Crippen molar-refractivity contribution in [3.63, 3.8) is 0 Å². The second-order valence-electron chi connectivity index (χ2n) is 7.77. The Morgan fingerprint density at radius 2 is 1.94 bits per heavy atom. The van der Waals surface area contributed by atoms with Crippen LogP contribution in [0.1, 0.15) is 30.5 Å². The summed E-state index contributed by atoms with van der Waals surface area (Å²) in [4.78, 5) is 32.9. The third-order valence-electron chi connectivity index (χ3n) is 5.34. The van der Waals surface area contributed by atoms with Crippen LogP contribution in [-0.4, -0.2) is 20.7 Å². The molecular weight excluding hydrogens is 458 g/mol. The van der Waals surface area contributed by atoms with E-state index < -0.39 is 5.25 Å². The Balaban J connectivity index is 1.64. The Kier molecular flexibility index (Phi) is 6.55. The molecule has 3 heterocycles. The Hall–Kier alpha value is -2.42. The van der Waals surface area contributed by atoms with Gasteiger partial charge >= 0.3 is 0 Å². The maximum atomic E-state index is 13.3. The van der Waals surface area contributed by atoms with Gasteiger partial charge in [-0.25, -0.2) is 4.98 Å². The monoisotopic (exact) mass is 483 g/mol. The fraction of sp³-hybridized carbons (Fsp3) is 0.292. The number of fused-ring (bicyclic) bond motifs is 1. The van der Waals surface area contributed by atoms with Gasteiger partial charge in [0.15, 0.2) is 5.16 Å². The van der Waals surface area contributed by atoms with Crippen LogP contribution in [0.15, 0.2) is 45.0 Å². The second-order valence-corrected chi connectivity index (χ2v) is 10.9. The molecule has 1 unspecified atom stereocenters. The minimum atomic E-state index is -0.408. The standard InChI is InChI=1S/C24H25N3O2S3/c1-6-27-23(29)19-17(18-8-7-9-30-18)12-31-22(19)26-24(27)32-16(5)21(28)25-20-14(3)10-13(2)11-15(20)4/h7-12,16H,6H2,1-5H3,(H,25,28). The van der Waals surface area contributed by atoms with Crippen molar-refractivity contribution in [1.29, 1.82) is 0 Å². The number of aryl methyl sites for hydroxylation is 3. The quantitative estimate of drug-likeness (QED) is 0.260. The first-order chi connectivity index (χ1) is 15.3. The number of benzene rings is 1. The van der Waals surface area contributed by atoms with Crippen LogP contribution in [0.3, 0.4) is 0 Å². The molecule has 8 heteroatoms. The van der Waals surface area contributed by atoms with Crippen molar-refractivity contribution in [3.8, 4) is 10.4 Å². The van der Waals surface area contributed by atoms with Gasteiger partial charge in [-0.2, -0.15) is 0 Å². The lowest BCUT2D eigenvalue weighted by Crippen LogP contribution is -2.27. The van der Waals surface area contributed by atoms with Crippen molar-refractivity contribution < 1.29 is 4.79 Å². The lowest BCUT2D eigenvalue weighted by molar-refractivity contribution is -0.115. The summed E-state index contributed by atoms with van der Waals surface area (Å²) < 4.78 is 1.67. The zero-order valence-electron chi connectivity index (χ0n) is 18.7. The molecule has 1 amide bonds. The van der Waals surface area contributed by atoms with Gasteiger partial charge in [-0.1, -0.05) is 35.5 Å². The molecule has 0 aliphatic rings. The molecule has 3 aromatic heterocycles. The Labute approximate surface area is 199 Å². The van der Waals surface area contributed by atoms with E-state index in [9.17, 15) is 9.59 Å². The predicted molar refractivity (Wildman–Crippen MR) is 137 cm³/mol. The molecule has 0 saturated heterocycles. The molecule has 0 fully saturated rings. The average molecular weight is 484 g/mol. The highest BCUT2D eigenvalue weighted by molar-refractivity contribution is 8.00.